The topological polar surface area (TPSA) is 174 Å². The largest absolute Gasteiger partial charge is 0.463 e. The zero-order valence-electron chi connectivity index (χ0n) is 19.6. The molecule has 1 rings (SSSR count). The number of rotatable bonds is 16. The maximum absolute atomic E-state index is 12.0. The van der Waals surface area contributed by atoms with Crippen molar-refractivity contribution in [1.29, 1.82) is 0 Å². The molecular formula is C20H31N3O11. The van der Waals surface area contributed by atoms with Crippen LogP contribution >= 0.6 is 0 Å². The summed E-state index contributed by atoms with van der Waals surface area (Å²) in [6.07, 6.45) is -0.497. The third kappa shape index (κ3) is 13.0. The minimum absolute atomic E-state index is 0.0337. The molecule has 1 aromatic heterocycles. The summed E-state index contributed by atoms with van der Waals surface area (Å²) in [5.74, 6) is -1.19. The smallest absolute Gasteiger partial charge is 0.351 e. The van der Waals surface area contributed by atoms with Gasteiger partial charge in [-0.2, -0.15) is 4.98 Å². The molecule has 34 heavy (non-hydrogen) atoms. The van der Waals surface area contributed by atoms with Crippen LogP contribution in [0, 0.1) is 0 Å². The van der Waals surface area contributed by atoms with E-state index in [9.17, 15) is 24.3 Å². The Morgan fingerprint density at radius 1 is 1.00 bits per heavy atom. The molecule has 0 aromatic carbocycles. The highest BCUT2D eigenvalue weighted by Gasteiger charge is 2.19. The second-order valence-corrected chi connectivity index (χ2v) is 6.86. The van der Waals surface area contributed by atoms with Gasteiger partial charge in [0.15, 0.2) is 0 Å². The molecule has 2 atom stereocenters. The van der Waals surface area contributed by atoms with Gasteiger partial charge in [-0.1, -0.05) is 0 Å². The summed E-state index contributed by atoms with van der Waals surface area (Å²) in [4.78, 5) is 48.4. The Bertz CT molecular complexity index is 823. The van der Waals surface area contributed by atoms with Crippen molar-refractivity contribution in [3.63, 3.8) is 0 Å². The van der Waals surface area contributed by atoms with Crippen molar-refractivity contribution in [3.8, 4) is 0 Å². The summed E-state index contributed by atoms with van der Waals surface area (Å²) in [5, 5.41) is 12.7. The zero-order valence-corrected chi connectivity index (χ0v) is 19.6. The number of carbonyl (C=O) groups excluding carboxylic acids is 3. The van der Waals surface area contributed by atoms with E-state index >= 15 is 0 Å². The van der Waals surface area contributed by atoms with Crippen molar-refractivity contribution < 1.29 is 47.9 Å². The van der Waals surface area contributed by atoms with Crippen LogP contribution in [0.3, 0.4) is 0 Å². The molecule has 0 aliphatic heterocycles. The van der Waals surface area contributed by atoms with Gasteiger partial charge in [0.25, 0.3) is 6.48 Å². The van der Waals surface area contributed by atoms with E-state index in [1.54, 1.807) is 6.92 Å². The SMILES string of the molecule is CC(=O)Nc1ccn(CO[C@H](C)[C@H](O)COC(OCCOC(C)=O)OCCOC(C)=O)c(=O)n1. The Kier molecular flexibility index (Phi) is 13.6. The molecule has 0 aliphatic carbocycles. The minimum Gasteiger partial charge on any atom is -0.463 e. The molecule has 1 amide bonds. The van der Waals surface area contributed by atoms with Gasteiger partial charge in [0.2, 0.25) is 5.91 Å². The van der Waals surface area contributed by atoms with Crippen molar-refractivity contribution in [2.24, 2.45) is 0 Å². The third-order valence-electron chi connectivity index (χ3n) is 3.88. The highest BCUT2D eigenvalue weighted by atomic mass is 16.8. The van der Waals surface area contributed by atoms with E-state index in [-0.39, 0.29) is 51.5 Å². The highest BCUT2D eigenvalue weighted by molar-refractivity contribution is 5.87. The molecule has 0 unspecified atom stereocenters. The van der Waals surface area contributed by atoms with E-state index in [1.807, 2.05) is 0 Å². The lowest BCUT2D eigenvalue weighted by Crippen LogP contribution is -2.36. The van der Waals surface area contributed by atoms with Crippen LogP contribution in [0.1, 0.15) is 27.7 Å². The number of hydrogen-bond acceptors (Lipinski definition) is 12. The number of nitrogens with zero attached hydrogens (tertiary/aromatic N) is 2. The fraction of sp³-hybridized carbons (Fsp3) is 0.650. The fourth-order valence-electron chi connectivity index (χ4n) is 2.20. The first-order valence-electron chi connectivity index (χ1n) is 10.3. The van der Waals surface area contributed by atoms with Crippen molar-refractivity contribution in [3.05, 3.63) is 22.7 Å². The van der Waals surface area contributed by atoms with E-state index in [4.69, 9.17) is 28.4 Å². The lowest BCUT2D eigenvalue weighted by Gasteiger charge is -2.23. The summed E-state index contributed by atoms with van der Waals surface area (Å²) >= 11 is 0. The van der Waals surface area contributed by atoms with Crippen LogP contribution in [-0.4, -0.2) is 84.2 Å². The molecule has 2 N–H and O–H groups in total. The van der Waals surface area contributed by atoms with Gasteiger partial charge in [-0.3, -0.25) is 19.0 Å². The lowest BCUT2D eigenvalue weighted by molar-refractivity contribution is -0.300. The Morgan fingerprint density at radius 2 is 1.59 bits per heavy atom. The van der Waals surface area contributed by atoms with Gasteiger partial charge >= 0.3 is 17.6 Å². The van der Waals surface area contributed by atoms with Gasteiger partial charge in [0, 0.05) is 27.0 Å². The summed E-state index contributed by atoms with van der Waals surface area (Å²) < 4.78 is 32.2. The molecule has 1 heterocycles. The summed E-state index contributed by atoms with van der Waals surface area (Å²) in [6, 6.07) is 1.43. The quantitative estimate of drug-likeness (QED) is 0.171. The Hall–Kier alpha value is -2.91. The first-order valence-corrected chi connectivity index (χ1v) is 10.3. The van der Waals surface area contributed by atoms with Gasteiger partial charge in [0.1, 0.15) is 31.9 Å². The lowest BCUT2D eigenvalue weighted by atomic mass is 10.2. The second-order valence-electron chi connectivity index (χ2n) is 6.86. The van der Waals surface area contributed by atoms with Crippen LogP contribution in [0.25, 0.3) is 0 Å². The van der Waals surface area contributed by atoms with Crippen molar-refractivity contribution >= 4 is 23.7 Å². The number of aromatic nitrogens is 2. The first kappa shape index (κ1) is 29.1. The predicted octanol–water partition coefficient (Wildman–Crippen LogP) is -0.615. The van der Waals surface area contributed by atoms with E-state index in [0.717, 1.165) is 4.57 Å². The molecule has 14 heteroatoms. The molecular weight excluding hydrogens is 458 g/mol. The number of anilines is 1. The standard InChI is InChI=1S/C20H31N3O11/c1-13(34-12-23-6-5-18(21-14(2)24)22-19(23)28)17(27)11-33-20(31-9-7-29-15(3)25)32-10-8-30-16(4)26/h5-6,13,17,20,27H,7-12H2,1-4H3,(H,21,22,24,28)/t13-,17-/m1/s1. The van der Waals surface area contributed by atoms with Gasteiger partial charge in [-0.25, -0.2) is 4.79 Å². The molecule has 192 valence electrons. The number of hydrogen-bond donors (Lipinski definition) is 2. The van der Waals surface area contributed by atoms with E-state index < -0.39 is 36.3 Å². The number of esters is 2. The summed E-state index contributed by atoms with van der Waals surface area (Å²) in [7, 11) is 0. The minimum atomic E-state index is -1.24. The molecule has 0 fully saturated rings. The molecule has 0 aliphatic rings. The maximum atomic E-state index is 12.0. The molecule has 0 saturated heterocycles. The van der Waals surface area contributed by atoms with Crippen LogP contribution in [0.5, 0.6) is 0 Å². The molecule has 0 saturated carbocycles. The van der Waals surface area contributed by atoms with Crippen LogP contribution in [-0.2, 0) is 49.5 Å². The van der Waals surface area contributed by atoms with Gasteiger partial charge in [0.05, 0.1) is 25.9 Å². The van der Waals surface area contributed by atoms with Gasteiger partial charge in [-0.05, 0) is 13.0 Å². The predicted molar refractivity (Wildman–Crippen MR) is 114 cm³/mol. The molecule has 1 aromatic rings. The van der Waals surface area contributed by atoms with Crippen LogP contribution < -0.4 is 11.0 Å². The Morgan fingerprint density at radius 3 is 2.09 bits per heavy atom. The zero-order chi connectivity index (χ0) is 25.5. The number of ether oxygens (including phenoxy) is 6. The molecule has 0 bridgehead atoms. The fourth-order valence-corrected chi connectivity index (χ4v) is 2.20. The van der Waals surface area contributed by atoms with Crippen molar-refractivity contribution in [1.82, 2.24) is 9.55 Å². The van der Waals surface area contributed by atoms with Gasteiger partial charge in [-0.15, -0.1) is 0 Å². The van der Waals surface area contributed by atoms with E-state index in [2.05, 4.69) is 10.3 Å². The average molecular weight is 489 g/mol. The van der Waals surface area contributed by atoms with Crippen LogP contribution in [0.15, 0.2) is 17.1 Å². The molecule has 0 spiro atoms. The van der Waals surface area contributed by atoms with Gasteiger partial charge < -0.3 is 38.8 Å². The number of aliphatic hydroxyl groups excluding tert-OH is 1. The number of nitrogens with one attached hydrogen (secondary N) is 1. The highest BCUT2D eigenvalue weighted by Crippen LogP contribution is 2.06. The average Bonchev–Trinajstić information content (AvgIpc) is 2.75. The summed E-state index contributed by atoms with van der Waals surface area (Å²) in [5.41, 5.74) is -0.647. The second kappa shape index (κ2) is 15.8. The third-order valence-corrected chi connectivity index (χ3v) is 3.88. The normalized spacial score (nSPS) is 12.8. The van der Waals surface area contributed by atoms with E-state index in [1.165, 1.54) is 33.0 Å². The van der Waals surface area contributed by atoms with Crippen molar-refractivity contribution in [2.75, 3.05) is 38.4 Å². The monoisotopic (exact) mass is 489 g/mol. The number of aliphatic hydroxyl groups is 1. The Balaban J connectivity index is 2.50. The molecule has 0 radical (unpaired) electrons. The van der Waals surface area contributed by atoms with E-state index in [0.29, 0.717) is 0 Å². The number of amides is 1. The molecule has 14 nitrogen and oxygen atoms in total. The first-order chi connectivity index (χ1) is 16.1. The number of carbonyl (C=O) groups is 3. The van der Waals surface area contributed by atoms with Crippen LogP contribution in [0.4, 0.5) is 5.82 Å². The maximum Gasteiger partial charge on any atom is 0.351 e. The Labute approximate surface area is 196 Å². The van der Waals surface area contributed by atoms with Crippen molar-refractivity contribution in [2.45, 2.75) is 53.1 Å². The summed E-state index contributed by atoms with van der Waals surface area (Å²) in [6.45, 7) is 3.52. The van der Waals surface area contributed by atoms with Crippen LogP contribution in [0.2, 0.25) is 0 Å².